The Balaban J connectivity index is 1.80. The summed E-state index contributed by atoms with van der Waals surface area (Å²) in [6.07, 6.45) is 2.18. The lowest BCUT2D eigenvalue weighted by atomic mass is 10.1. The molecule has 2 heterocycles. The van der Waals surface area contributed by atoms with Crippen LogP contribution in [0.1, 0.15) is 47.4 Å². The fourth-order valence-electron chi connectivity index (χ4n) is 2.81. The maximum absolute atomic E-state index is 12.7. The van der Waals surface area contributed by atoms with E-state index in [0.717, 1.165) is 29.6 Å². The van der Waals surface area contributed by atoms with Crippen molar-refractivity contribution >= 4 is 27.0 Å². The van der Waals surface area contributed by atoms with E-state index in [0.29, 0.717) is 17.1 Å². The maximum atomic E-state index is 12.7. The van der Waals surface area contributed by atoms with Gasteiger partial charge in [-0.2, -0.15) is 5.10 Å². The van der Waals surface area contributed by atoms with E-state index in [-0.39, 0.29) is 24.7 Å². The second kappa shape index (κ2) is 6.72. The highest BCUT2D eigenvalue weighted by molar-refractivity contribution is 7.89. The number of pyridine rings is 1. The smallest absolute Gasteiger partial charge is 0.252 e. The van der Waals surface area contributed by atoms with Gasteiger partial charge in [0.1, 0.15) is 0 Å². The predicted octanol–water partition coefficient (Wildman–Crippen LogP) is 0.823. The molecular formula is C16H23N5O3S. The molecule has 0 bridgehead atoms. The summed E-state index contributed by atoms with van der Waals surface area (Å²) >= 11 is 0. The standard InChI is InChI=1S/C16H23N5O3S/c1-4-25(23,24)18-8-7-17-16(22)12-9-13(11-5-6-11)19-15-14(12)10(2)20-21(15)3/h9,11,18H,4-8H2,1-3H3,(H,17,22). The molecule has 1 amide bonds. The molecule has 0 spiro atoms. The van der Waals surface area contributed by atoms with Gasteiger partial charge in [0, 0.05) is 31.7 Å². The zero-order valence-electron chi connectivity index (χ0n) is 14.7. The number of amides is 1. The van der Waals surface area contributed by atoms with Crippen molar-refractivity contribution < 1.29 is 13.2 Å². The van der Waals surface area contributed by atoms with Gasteiger partial charge in [-0.3, -0.25) is 9.48 Å². The topological polar surface area (TPSA) is 106 Å². The van der Waals surface area contributed by atoms with Crippen LogP contribution in [0.3, 0.4) is 0 Å². The maximum Gasteiger partial charge on any atom is 0.252 e. The molecule has 0 aliphatic heterocycles. The highest BCUT2D eigenvalue weighted by atomic mass is 32.2. The summed E-state index contributed by atoms with van der Waals surface area (Å²) in [6.45, 7) is 3.81. The zero-order chi connectivity index (χ0) is 18.2. The van der Waals surface area contributed by atoms with Crippen LogP contribution in [0.15, 0.2) is 6.07 Å². The first-order valence-electron chi connectivity index (χ1n) is 8.42. The lowest BCUT2D eigenvalue weighted by Gasteiger charge is -2.09. The van der Waals surface area contributed by atoms with Gasteiger partial charge >= 0.3 is 0 Å². The highest BCUT2D eigenvalue weighted by Crippen LogP contribution is 2.40. The van der Waals surface area contributed by atoms with E-state index in [2.05, 4.69) is 20.1 Å². The first-order valence-corrected chi connectivity index (χ1v) is 10.1. The number of hydrogen-bond acceptors (Lipinski definition) is 5. The third-order valence-electron chi connectivity index (χ3n) is 4.34. The van der Waals surface area contributed by atoms with E-state index in [1.165, 1.54) is 0 Å². The Hall–Kier alpha value is -2.00. The van der Waals surface area contributed by atoms with Crippen LogP contribution in [0.25, 0.3) is 11.0 Å². The van der Waals surface area contributed by atoms with Gasteiger partial charge in [-0.1, -0.05) is 0 Å². The summed E-state index contributed by atoms with van der Waals surface area (Å²) < 4.78 is 27.0. The number of hydrogen-bond donors (Lipinski definition) is 2. The molecule has 1 fully saturated rings. The van der Waals surface area contributed by atoms with Crippen molar-refractivity contribution in [1.29, 1.82) is 0 Å². The largest absolute Gasteiger partial charge is 0.351 e. The van der Waals surface area contributed by atoms with E-state index >= 15 is 0 Å². The average Bonchev–Trinajstić information content (AvgIpc) is 3.38. The Kier molecular flexibility index (Phi) is 4.79. The SMILES string of the molecule is CCS(=O)(=O)NCCNC(=O)c1cc(C2CC2)nc2c1c(C)nn2C. The van der Waals surface area contributed by atoms with Gasteiger partial charge in [0.25, 0.3) is 5.91 Å². The van der Waals surface area contributed by atoms with Crippen LogP contribution >= 0.6 is 0 Å². The number of nitrogens with one attached hydrogen (secondary N) is 2. The minimum absolute atomic E-state index is 0.0194. The summed E-state index contributed by atoms with van der Waals surface area (Å²) in [5.41, 5.74) is 2.94. The molecule has 9 heteroatoms. The van der Waals surface area contributed by atoms with Gasteiger partial charge in [-0.15, -0.1) is 0 Å². The van der Waals surface area contributed by atoms with Crippen molar-refractivity contribution in [3.63, 3.8) is 0 Å². The van der Waals surface area contributed by atoms with Gasteiger partial charge in [-0.05, 0) is 32.8 Å². The first-order chi connectivity index (χ1) is 11.8. The molecule has 0 unspecified atom stereocenters. The second-order valence-electron chi connectivity index (χ2n) is 6.33. The van der Waals surface area contributed by atoms with Crippen molar-refractivity contribution in [2.75, 3.05) is 18.8 Å². The van der Waals surface area contributed by atoms with Crippen molar-refractivity contribution in [3.8, 4) is 0 Å². The lowest BCUT2D eigenvalue weighted by Crippen LogP contribution is -2.35. The van der Waals surface area contributed by atoms with Gasteiger partial charge in [0.2, 0.25) is 10.0 Å². The van der Waals surface area contributed by atoms with Gasteiger partial charge in [0.05, 0.1) is 22.4 Å². The molecule has 136 valence electrons. The Labute approximate surface area is 147 Å². The highest BCUT2D eigenvalue weighted by Gasteiger charge is 2.28. The number of aromatic nitrogens is 3. The van der Waals surface area contributed by atoms with Gasteiger partial charge in [-0.25, -0.2) is 18.1 Å². The molecule has 25 heavy (non-hydrogen) atoms. The van der Waals surface area contributed by atoms with Gasteiger partial charge < -0.3 is 5.32 Å². The lowest BCUT2D eigenvalue weighted by molar-refractivity contribution is 0.0955. The number of fused-ring (bicyclic) bond motifs is 1. The molecule has 1 aliphatic carbocycles. The molecular weight excluding hydrogens is 342 g/mol. The minimum Gasteiger partial charge on any atom is -0.351 e. The van der Waals surface area contributed by atoms with Crippen LogP contribution in [-0.4, -0.2) is 47.9 Å². The number of nitrogens with zero attached hydrogens (tertiary/aromatic N) is 3. The molecule has 0 saturated heterocycles. The number of carbonyl (C=O) groups excluding carboxylic acids is 1. The average molecular weight is 365 g/mol. The van der Waals surface area contributed by atoms with Crippen molar-refractivity contribution in [2.24, 2.45) is 7.05 Å². The fraction of sp³-hybridized carbons (Fsp3) is 0.562. The monoisotopic (exact) mass is 365 g/mol. The molecule has 0 aromatic carbocycles. The van der Waals surface area contributed by atoms with Crippen LogP contribution < -0.4 is 10.0 Å². The Morgan fingerprint density at radius 1 is 1.36 bits per heavy atom. The van der Waals surface area contributed by atoms with Crippen molar-refractivity contribution in [3.05, 3.63) is 23.0 Å². The third kappa shape index (κ3) is 3.82. The van der Waals surface area contributed by atoms with Crippen molar-refractivity contribution in [1.82, 2.24) is 24.8 Å². The van der Waals surface area contributed by atoms with Gasteiger partial charge in [0.15, 0.2) is 5.65 Å². The normalized spacial score (nSPS) is 14.8. The molecule has 2 aromatic heterocycles. The van der Waals surface area contributed by atoms with E-state index in [1.807, 2.05) is 20.0 Å². The summed E-state index contributed by atoms with van der Waals surface area (Å²) in [5.74, 6) is 0.203. The Morgan fingerprint density at radius 2 is 2.08 bits per heavy atom. The molecule has 1 aliphatic rings. The van der Waals surface area contributed by atoms with E-state index in [1.54, 1.807) is 11.6 Å². The molecule has 3 rings (SSSR count). The van der Waals surface area contributed by atoms with E-state index in [4.69, 9.17) is 0 Å². The summed E-state index contributed by atoms with van der Waals surface area (Å²) in [6, 6.07) is 1.85. The number of rotatable bonds is 7. The molecule has 8 nitrogen and oxygen atoms in total. The number of sulfonamides is 1. The second-order valence-corrected chi connectivity index (χ2v) is 8.43. The molecule has 0 atom stereocenters. The molecule has 2 aromatic rings. The van der Waals surface area contributed by atoms with Crippen LogP contribution in [0.2, 0.25) is 0 Å². The fourth-order valence-corrected chi connectivity index (χ4v) is 3.43. The van der Waals surface area contributed by atoms with Crippen LogP contribution in [0.4, 0.5) is 0 Å². The number of carbonyl (C=O) groups is 1. The molecule has 0 radical (unpaired) electrons. The molecule has 1 saturated carbocycles. The van der Waals surface area contributed by atoms with Crippen LogP contribution in [0.5, 0.6) is 0 Å². The molecule has 2 N–H and O–H groups in total. The van der Waals surface area contributed by atoms with Crippen molar-refractivity contribution in [2.45, 2.75) is 32.6 Å². The minimum atomic E-state index is -3.25. The quantitative estimate of drug-likeness (QED) is 0.707. The summed E-state index contributed by atoms with van der Waals surface area (Å²) in [7, 11) is -1.43. The van der Waals surface area contributed by atoms with E-state index < -0.39 is 10.0 Å². The predicted molar refractivity (Wildman–Crippen MR) is 95.0 cm³/mol. The Morgan fingerprint density at radius 3 is 2.72 bits per heavy atom. The summed E-state index contributed by atoms with van der Waals surface area (Å²) in [5, 5.41) is 7.91. The van der Waals surface area contributed by atoms with Crippen LogP contribution in [0, 0.1) is 6.92 Å². The van der Waals surface area contributed by atoms with E-state index in [9.17, 15) is 13.2 Å². The summed E-state index contributed by atoms with van der Waals surface area (Å²) in [4.78, 5) is 17.3. The Bertz CT molecular complexity index is 915. The zero-order valence-corrected chi connectivity index (χ0v) is 15.5. The first kappa shape index (κ1) is 17.8. The van der Waals surface area contributed by atoms with Crippen LogP contribution in [-0.2, 0) is 17.1 Å². The third-order valence-corrected chi connectivity index (χ3v) is 5.75. The number of aryl methyl sites for hydroxylation is 2.